The van der Waals surface area contributed by atoms with E-state index in [-0.39, 0.29) is 11.5 Å². The summed E-state index contributed by atoms with van der Waals surface area (Å²) in [5, 5.41) is 0. The maximum atomic E-state index is 13.0. The Hall–Kier alpha value is -1.40. The maximum Gasteiger partial charge on any atom is 0.157 e. The molecule has 0 saturated heterocycles. The highest BCUT2D eigenvalue weighted by Gasteiger charge is 1.98. The minimum atomic E-state index is -0.380. The van der Waals surface area contributed by atoms with Gasteiger partial charge in [-0.3, -0.25) is 0 Å². The van der Waals surface area contributed by atoms with E-state index in [0.29, 0.717) is 13.0 Å². The van der Waals surface area contributed by atoms with Gasteiger partial charge in [0, 0.05) is 18.7 Å². The van der Waals surface area contributed by atoms with Crippen LogP contribution in [0.2, 0.25) is 0 Å². The summed E-state index contributed by atoms with van der Waals surface area (Å²) in [6.45, 7) is 2.29. The smallest absolute Gasteiger partial charge is 0.157 e. The molecule has 0 amide bonds. The molecule has 0 aromatic carbocycles. The number of aromatic nitrogens is 1. The van der Waals surface area contributed by atoms with Crippen LogP contribution in [0.25, 0.3) is 0 Å². The average molecular weight is 178 g/mol. The van der Waals surface area contributed by atoms with Gasteiger partial charge in [-0.15, -0.1) is 0 Å². The quantitative estimate of drug-likeness (QED) is 0.657. The van der Waals surface area contributed by atoms with Gasteiger partial charge in [0.1, 0.15) is 5.69 Å². The molecule has 0 unspecified atom stereocenters. The highest BCUT2D eigenvalue weighted by molar-refractivity contribution is 5.29. The summed E-state index contributed by atoms with van der Waals surface area (Å²) in [4.78, 5) is 3.96. The molecule has 68 valence electrons. The Morgan fingerprint density at radius 2 is 2.31 bits per heavy atom. The predicted molar refractivity (Wildman–Crippen MR) is 49.5 cm³/mol. The van der Waals surface area contributed by atoms with E-state index < -0.39 is 0 Å². The van der Waals surface area contributed by atoms with Crippen LogP contribution in [-0.4, -0.2) is 11.5 Å². The van der Waals surface area contributed by atoms with Crippen molar-refractivity contribution in [3.05, 3.63) is 29.3 Å². The van der Waals surface area contributed by atoms with E-state index in [2.05, 4.69) is 16.8 Å². The Kier molecular flexibility index (Phi) is 3.41. The van der Waals surface area contributed by atoms with Crippen molar-refractivity contribution in [3.63, 3.8) is 0 Å². The van der Waals surface area contributed by atoms with Crippen molar-refractivity contribution in [2.75, 3.05) is 6.54 Å². The molecule has 2 nitrogen and oxygen atoms in total. The summed E-state index contributed by atoms with van der Waals surface area (Å²) in [6.07, 6.45) is 0.565. The Morgan fingerprint density at radius 1 is 1.54 bits per heavy atom. The molecule has 1 heterocycles. The van der Waals surface area contributed by atoms with Crippen LogP contribution in [0.4, 0.5) is 4.39 Å². The van der Waals surface area contributed by atoms with Crippen molar-refractivity contribution in [1.82, 2.24) is 4.98 Å². The van der Waals surface area contributed by atoms with Crippen molar-refractivity contribution >= 4 is 0 Å². The molecule has 0 atom stereocenters. The Labute approximate surface area is 77.0 Å². The average Bonchev–Trinajstić information content (AvgIpc) is 2.11. The first-order chi connectivity index (χ1) is 6.24. The van der Waals surface area contributed by atoms with Crippen LogP contribution in [0.15, 0.2) is 12.1 Å². The zero-order valence-electron chi connectivity index (χ0n) is 7.47. The van der Waals surface area contributed by atoms with Crippen molar-refractivity contribution in [2.45, 2.75) is 13.3 Å². The number of aryl methyl sites for hydroxylation is 1. The van der Waals surface area contributed by atoms with Gasteiger partial charge in [0.2, 0.25) is 0 Å². The lowest BCUT2D eigenvalue weighted by Gasteiger charge is -1.94. The third-order valence-corrected chi connectivity index (χ3v) is 1.46. The first kappa shape index (κ1) is 9.69. The molecule has 0 aliphatic heterocycles. The molecule has 0 fully saturated rings. The molecule has 1 aromatic rings. The van der Waals surface area contributed by atoms with Crippen molar-refractivity contribution in [1.29, 1.82) is 0 Å². The van der Waals surface area contributed by atoms with Crippen LogP contribution in [0.1, 0.15) is 17.8 Å². The molecule has 1 aromatic heterocycles. The van der Waals surface area contributed by atoms with Gasteiger partial charge < -0.3 is 5.73 Å². The summed E-state index contributed by atoms with van der Waals surface area (Å²) in [7, 11) is 0. The van der Waals surface area contributed by atoms with Crippen LogP contribution >= 0.6 is 0 Å². The minimum absolute atomic E-state index is 0.202. The SMILES string of the molecule is Cc1ccc(F)c(C#CCCN)n1. The highest BCUT2D eigenvalue weighted by Crippen LogP contribution is 2.03. The molecule has 0 saturated carbocycles. The standard InChI is InChI=1S/C10H11FN2/c1-8-5-6-9(11)10(13-8)4-2-3-7-12/h5-6H,3,7,12H2,1H3. The lowest BCUT2D eigenvalue weighted by atomic mass is 10.3. The minimum Gasteiger partial charge on any atom is -0.330 e. The number of pyridine rings is 1. The number of halogens is 1. The van der Waals surface area contributed by atoms with Gasteiger partial charge in [0.25, 0.3) is 0 Å². The van der Waals surface area contributed by atoms with Gasteiger partial charge in [-0.2, -0.15) is 0 Å². The largest absolute Gasteiger partial charge is 0.330 e. The zero-order valence-corrected chi connectivity index (χ0v) is 7.47. The topological polar surface area (TPSA) is 38.9 Å². The number of hydrogen-bond acceptors (Lipinski definition) is 2. The van der Waals surface area contributed by atoms with E-state index >= 15 is 0 Å². The normalized spacial score (nSPS) is 9.15. The van der Waals surface area contributed by atoms with Crippen molar-refractivity contribution < 1.29 is 4.39 Å². The maximum absolute atomic E-state index is 13.0. The summed E-state index contributed by atoms with van der Waals surface area (Å²) in [5.74, 6) is 5.00. The summed E-state index contributed by atoms with van der Waals surface area (Å²) < 4.78 is 13.0. The predicted octanol–water partition coefficient (Wildman–Crippen LogP) is 1.23. The van der Waals surface area contributed by atoms with Gasteiger partial charge in [-0.25, -0.2) is 9.37 Å². The molecule has 2 N–H and O–H groups in total. The molecule has 0 spiro atoms. The van der Waals surface area contributed by atoms with Crippen molar-refractivity contribution in [3.8, 4) is 11.8 Å². The van der Waals surface area contributed by atoms with Crippen LogP contribution < -0.4 is 5.73 Å². The van der Waals surface area contributed by atoms with E-state index in [1.54, 1.807) is 13.0 Å². The van der Waals surface area contributed by atoms with E-state index in [1.165, 1.54) is 6.07 Å². The van der Waals surface area contributed by atoms with Gasteiger partial charge in [0.15, 0.2) is 5.82 Å². The van der Waals surface area contributed by atoms with E-state index in [1.807, 2.05) is 0 Å². The molecule has 0 aliphatic rings. The molecular weight excluding hydrogens is 167 g/mol. The number of nitrogens with two attached hydrogens (primary N) is 1. The Bertz CT molecular complexity index is 350. The monoisotopic (exact) mass is 178 g/mol. The molecule has 3 heteroatoms. The Balaban J connectivity index is 2.89. The van der Waals surface area contributed by atoms with E-state index in [9.17, 15) is 4.39 Å². The fraction of sp³-hybridized carbons (Fsp3) is 0.300. The molecule has 0 aliphatic carbocycles. The molecular formula is C10H11FN2. The molecule has 1 rings (SSSR count). The van der Waals surface area contributed by atoms with Crippen LogP contribution in [0.3, 0.4) is 0 Å². The van der Waals surface area contributed by atoms with Gasteiger partial charge >= 0.3 is 0 Å². The lowest BCUT2D eigenvalue weighted by Crippen LogP contribution is -1.96. The molecule has 0 bridgehead atoms. The molecule has 13 heavy (non-hydrogen) atoms. The summed E-state index contributed by atoms with van der Waals surface area (Å²) in [6, 6.07) is 2.98. The zero-order chi connectivity index (χ0) is 9.68. The van der Waals surface area contributed by atoms with Crippen LogP contribution in [0, 0.1) is 24.6 Å². The van der Waals surface area contributed by atoms with E-state index in [0.717, 1.165) is 5.69 Å². The fourth-order valence-electron chi connectivity index (χ4n) is 0.846. The summed E-state index contributed by atoms with van der Waals surface area (Å²) in [5.41, 5.74) is 6.21. The highest BCUT2D eigenvalue weighted by atomic mass is 19.1. The molecule has 0 radical (unpaired) electrons. The van der Waals surface area contributed by atoms with Gasteiger partial charge in [-0.1, -0.05) is 5.92 Å². The van der Waals surface area contributed by atoms with E-state index in [4.69, 9.17) is 5.73 Å². The second-order valence-electron chi connectivity index (χ2n) is 2.62. The summed E-state index contributed by atoms with van der Waals surface area (Å²) >= 11 is 0. The van der Waals surface area contributed by atoms with Crippen LogP contribution in [-0.2, 0) is 0 Å². The second-order valence-corrected chi connectivity index (χ2v) is 2.62. The lowest BCUT2D eigenvalue weighted by molar-refractivity contribution is 0.616. The number of hydrogen-bond donors (Lipinski definition) is 1. The van der Waals surface area contributed by atoms with Gasteiger partial charge in [-0.05, 0) is 25.0 Å². The number of rotatable bonds is 1. The first-order valence-electron chi connectivity index (χ1n) is 4.06. The van der Waals surface area contributed by atoms with Crippen molar-refractivity contribution in [2.24, 2.45) is 5.73 Å². The third-order valence-electron chi connectivity index (χ3n) is 1.46. The van der Waals surface area contributed by atoms with Gasteiger partial charge in [0.05, 0.1) is 0 Å². The second kappa shape index (κ2) is 4.58. The third kappa shape index (κ3) is 2.85. The van der Waals surface area contributed by atoms with Crippen LogP contribution in [0.5, 0.6) is 0 Å². The first-order valence-corrected chi connectivity index (χ1v) is 4.06. The number of nitrogens with zero attached hydrogens (tertiary/aromatic N) is 1. The Morgan fingerprint density at radius 3 is 3.00 bits per heavy atom. The fourth-order valence-corrected chi connectivity index (χ4v) is 0.846.